The maximum Gasteiger partial charge on any atom is 0.123 e. The molecule has 2 rings (SSSR count). The van der Waals surface area contributed by atoms with Crippen molar-refractivity contribution in [1.82, 2.24) is 5.32 Å². The fraction of sp³-hybridized carbons (Fsp3) is 0.650. The molecule has 0 aliphatic carbocycles. The third-order valence-corrected chi connectivity index (χ3v) is 5.55. The van der Waals surface area contributed by atoms with Crippen molar-refractivity contribution >= 4 is 29.2 Å². The molecule has 0 saturated carbocycles. The number of thioether (sulfide) groups is 1. The topological polar surface area (TPSA) is 44.6 Å². The molecule has 25 heavy (non-hydrogen) atoms. The van der Waals surface area contributed by atoms with Crippen molar-refractivity contribution in [2.24, 2.45) is 4.99 Å². The normalized spacial score (nSPS) is 18.0. The zero-order valence-corrected chi connectivity index (χ0v) is 18.2. The number of rotatable bonds is 4. The van der Waals surface area contributed by atoms with Crippen molar-refractivity contribution in [2.75, 3.05) is 19.3 Å². The lowest BCUT2D eigenvalue weighted by Crippen LogP contribution is -2.18. The summed E-state index contributed by atoms with van der Waals surface area (Å²) in [5, 5.41) is 15.3. The zero-order valence-electron chi connectivity index (χ0n) is 16.6. The molecule has 0 amide bonds. The van der Waals surface area contributed by atoms with Gasteiger partial charge in [-0.3, -0.25) is 4.99 Å². The van der Waals surface area contributed by atoms with E-state index in [1.54, 1.807) is 0 Å². The van der Waals surface area contributed by atoms with Crippen molar-refractivity contribution in [1.29, 1.82) is 0 Å². The highest BCUT2D eigenvalue weighted by Crippen LogP contribution is 2.42. The molecule has 0 radical (unpaired) electrons. The lowest BCUT2D eigenvalue weighted by molar-refractivity contribution is 0.422. The van der Waals surface area contributed by atoms with Gasteiger partial charge in [0.15, 0.2) is 0 Å². The smallest absolute Gasteiger partial charge is 0.123 e. The minimum atomic E-state index is -0.0927. The predicted octanol–water partition coefficient (Wildman–Crippen LogP) is 5.20. The Kier molecular flexibility index (Phi) is 7.43. The quantitative estimate of drug-likeness (QED) is 0.749. The van der Waals surface area contributed by atoms with Crippen LogP contribution in [0.5, 0.6) is 5.75 Å². The summed E-state index contributed by atoms with van der Waals surface area (Å²) in [6.07, 6.45) is 0.994. The molecule has 1 heterocycles. The second kappa shape index (κ2) is 8.32. The fourth-order valence-electron chi connectivity index (χ4n) is 2.96. The van der Waals surface area contributed by atoms with E-state index in [1.807, 2.05) is 18.8 Å². The molecule has 1 unspecified atom stereocenters. The van der Waals surface area contributed by atoms with Gasteiger partial charge in [-0.1, -0.05) is 41.5 Å². The number of aromatic hydroxyl groups is 1. The van der Waals surface area contributed by atoms with Gasteiger partial charge in [0.05, 0.1) is 11.1 Å². The minimum Gasteiger partial charge on any atom is -0.507 e. The molecule has 0 fully saturated rings. The highest BCUT2D eigenvalue weighted by Gasteiger charge is 2.29. The monoisotopic (exact) mass is 384 g/mol. The summed E-state index contributed by atoms with van der Waals surface area (Å²) in [6, 6.07) is 4.53. The van der Waals surface area contributed by atoms with Crippen LogP contribution in [0.1, 0.15) is 70.7 Å². The second-order valence-corrected chi connectivity index (χ2v) is 9.76. The molecule has 0 bridgehead atoms. The molecule has 0 aromatic heterocycles. The first-order chi connectivity index (χ1) is 11.0. The van der Waals surface area contributed by atoms with Crippen LogP contribution < -0.4 is 5.32 Å². The summed E-state index contributed by atoms with van der Waals surface area (Å²) in [7, 11) is 1.98. The summed E-state index contributed by atoms with van der Waals surface area (Å²) in [4.78, 5) is 4.93. The summed E-state index contributed by atoms with van der Waals surface area (Å²) >= 11 is 1.86. The minimum absolute atomic E-state index is 0. The van der Waals surface area contributed by atoms with Crippen molar-refractivity contribution in [3.63, 3.8) is 0 Å². The van der Waals surface area contributed by atoms with E-state index in [0.29, 0.717) is 5.75 Å². The van der Waals surface area contributed by atoms with E-state index in [9.17, 15) is 5.11 Å². The number of phenolic OH excluding ortho intramolecular Hbond substituents is 1. The number of benzene rings is 1. The van der Waals surface area contributed by atoms with Crippen molar-refractivity contribution in [2.45, 2.75) is 64.8 Å². The molecule has 1 aromatic carbocycles. The molecule has 1 aromatic rings. The lowest BCUT2D eigenvalue weighted by Gasteiger charge is -2.28. The highest BCUT2D eigenvalue weighted by atomic mass is 35.5. The number of nitrogens with one attached hydrogen (secondary N) is 1. The summed E-state index contributed by atoms with van der Waals surface area (Å²) < 4.78 is 0. The van der Waals surface area contributed by atoms with Gasteiger partial charge >= 0.3 is 0 Å². The molecule has 0 spiro atoms. The summed E-state index contributed by atoms with van der Waals surface area (Å²) in [5.41, 5.74) is 3.09. The van der Waals surface area contributed by atoms with E-state index in [-0.39, 0.29) is 29.3 Å². The first-order valence-electron chi connectivity index (χ1n) is 8.76. The number of nitrogens with zero attached hydrogens (tertiary/aromatic N) is 1. The van der Waals surface area contributed by atoms with Crippen LogP contribution in [0.15, 0.2) is 17.1 Å². The number of hydrogen-bond acceptors (Lipinski definition) is 4. The van der Waals surface area contributed by atoms with Gasteiger partial charge in [-0.15, -0.1) is 24.2 Å². The largest absolute Gasteiger partial charge is 0.507 e. The van der Waals surface area contributed by atoms with Crippen LogP contribution in [0.4, 0.5) is 0 Å². The van der Waals surface area contributed by atoms with Crippen molar-refractivity contribution in [3.8, 4) is 5.75 Å². The lowest BCUT2D eigenvalue weighted by atomic mass is 9.78. The van der Waals surface area contributed by atoms with Crippen LogP contribution in [-0.4, -0.2) is 29.5 Å². The van der Waals surface area contributed by atoms with E-state index in [2.05, 4.69) is 59.0 Å². The Morgan fingerprint density at radius 2 is 1.64 bits per heavy atom. The molecular formula is C20H33ClN2OS. The van der Waals surface area contributed by atoms with Gasteiger partial charge in [0.25, 0.3) is 0 Å². The second-order valence-electron chi connectivity index (χ2n) is 8.67. The molecule has 1 aliphatic rings. The molecule has 1 atom stereocenters. The van der Waals surface area contributed by atoms with Crippen molar-refractivity contribution < 1.29 is 5.11 Å². The average Bonchev–Trinajstić information content (AvgIpc) is 2.91. The first-order valence-corrected chi connectivity index (χ1v) is 9.74. The SMILES string of the molecule is CNCCC1=NC(c2cc(C(C)(C)C)c(O)c(C(C)(C)C)c2)CS1.Cl. The van der Waals surface area contributed by atoms with Gasteiger partial charge in [-0.2, -0.15) is 0 Å². The maximum absolute atomic E-state index is 10.8. The van der Waals surface area contributed by atoms with E-state index >= 15 is 0 Å². The van der Waals surface area contributed by atoms with Crippen molar-refractivity contribution in [3.05, 3.63) is 28.8 Å². The molecule has 5 heteroatoms. The highest BCUT2D eigenvalue weighted by molar-refractivity contribution is 8.14. The Bertz CT molecular complexity index is 595. The van der Waals surface area contributed by atoms with Gasteiger partial charge in [-0.25, -0.2) is 0 Å². The van der Waals surface area contributed by atoms with Gasteiger partial charge in [0, 0.05) is 18.7 Å². The molecule has 0 saturated heterocycles. The van der Waals surface area contributed by atoms with E-state index in [0.717, 1.165) is 29.8 Å². The van der Waals surface area contributed by atoms with Gasteiger partial charge in [0.1, 0.15) is 5.75 Å². The first kappa shape index (κ1) is 22.3. The zero-order chi connectivity index (χ0) is 18.1. The Balaban J connectivity index is 0.00000312. The third-order valence-electron chi connectivity index (χ3n) is 4.43. The number of phenols is 1. The van der Waals surface area contributed by atoms with E-state index in [1.165, 1.54) is 10.6 Å². The maximum atomic E-state index is 10.8. The fourth-order valence-corrected chi connectivity index (χ4v) is 4.02. The van der Waals surface area contributed by atoms with Crippen LogP contribution in [0.3, 0.4) is 0 Å². The van der Waals surface area contributed by atoms with Crippen LogP contribution in [0.25, 0.3) is 0 Å². The standard InChI is InChI=1S/C20H32N2OS.ClH/c1-19(2,3)14-10-13(11-15(18(14)23)20(4,5)6)16-12-24-17(22-16)8-9-21-7;/h10-11,16,21,23H,8-9,12H2,1-7H3;1H. The predicted molar refractivity (Wildman–Crippen MR) is 114 cm³/mol. The van der Waals surface area contributed by atoms with E-state index < -0.39 is 0 Å². The number of aliphatic imine (C=N–C) groups is 1. The third kappa shape index (κ3) is 5.38. The summed E-state index contributed by atoms with van der Waals surface area (Å²) in [6.45, 7) is 13.9. The molecule has 2 N–H and O–H groups in total. The average molecular weight is 385 g/mol. The Labute approximate surface area is 163 Å². The van der Waals surface area contributed by atoms with Crippen LogP contribution in [-0.2, 0) is 10.8 Å². The van der Waals surface area contributed by atoms with Gasteiger partial charge in [-0.05, 0) is 46.7 Å². The Morgan fingerprint density at radius 1 is 1.12 bits per heavy atom. The van der Waals surface area contributed by atoms with Gasteiger partial charge < -0.3 is 10.4 Å². The Morgan fingerprint density at radius 3 is 2.08 bits per heavy atom. The summed E-state index contributed by atoms with van der Waals surface area (Å²) in [5.74, 6) is 1.44. The van der Waals surface area contributed by atoms with Crippen LogP contribution in [0, 0.1) is 0 Å². The van der Waals surface area contributed by atoms with Crippen LogP contribution >= 0.6 is 24.2 Å². The van der Waals surface area contributed by atoms with Crippen LogP contribution in [0.2, 0.25) is 0 Å². The molecule has 3 nitrogen and oxygen atoms in total. The molecular weight excluding hydrogens is 352 g/mol. The van der Waals surface area contributed by atoms with Gasteiger partial charge in [0.2, 0.25) is 0 Å². The Hall–Kier alpha value is -0.710. The van der Waals surface area contributed by atoms with E-state index in [4.69, 9.17) is 4.99 Å². The molecule has 142 valence electrons. The number of halogens is 1. The molecule has 1 aliphatic heterocycles. The number of hydrogen-bond donors (Lipinski definition) is 2.